The van der Waals surface area contributed by atoms with Crippen molar-refractivity contribution in [2.45, 2.75) is 38.0 Å². The first-order valence-corrected chi connectivity index (χ1v) is 7.23. The lowest BCUT2D eigenvalue weighted by molar-refractivity contribution is -0.0135. The summed E-state index contributed by atoms with van der Waals surface area (Å²) in [4.78, 5) is 14.1. The van der Waals surface area contributed by atoms with Crippen LogP contribution < -0.4 is 11.3 Å². The molecule has 2 aliphatic rings. The van der Waals surface area contributed by atoms with Gasteiger partial charge in [-0.3, -0.25) is 11.3 Å². The van der Waals surface area contributed by atoms with Crippen LogP contribution in [0.5, 0.6) is 0 Å². The minimum Gasteiger partial charge on any atom is -0.445 e. The van der Waals surface area contributed by atoms with Gasteiger partial charge in [0.1, 0.15) is 6.61 Å². The second-order valence-electron chi connectivity index (χ2n) is 5.62. The summed E-state index contributed by atoms with van der Waals surface area (Å²) in [7, 11) is 0. The van der Waals surface area contributed by atoms with Gasteiger partial charge >= 0.3 is 6.09 Å². The third-order valence-electron chi connectivity index (χ3n) is 4.50. The normalized spacial score (nSPS) is 28.4. The van der Waals surface area contributed by atoms with Gasteiger partial charge in [0.25, 0.3) is 0 Å². The summed E-state index contributed by atoms with van der Waals surface area (Å²) in [5.41, 5.74) is 3.86. The van der Waals surface area contributed by atoms with Gasteiger partial charge in [-0.1, -0.05) is 30.3 Å². The number of hydrogen-bond acceptors (Lipinski definition) is 4. The van der Waals surface area contributed by atoms with Crippen LogP contribution in [0.1, 0.15) is 24.8 Å². The SMILES string of the molecule is NNC1CC2C1CCCN2C(=O)OCc1ccccc1. The molecular formula is C15H21N3O2. The maximum atomic E-state index is 12.2. The van der Waals surface area contributed by atoms with E-state index in [4.69, 9.17) is 10.6 Å². The average Bonchev–Trinajstić information content (AvgIpc) is 2.47. The summed E-state index contributed by atoms with van der Waals surface area (Å²) < 4.78 is 5.42. The first kappa shape index (κ1) is 13.4. The van der Waals surface area contributed by atoms with Gasteiger partial charge in [-0.25, -0.2) is 4.79 Å². The number of carbonyl (C=O) groups is 1. The Morgan fingerprint density at radius 1 is 1.40 bits per heavy atom. The first-order valence-electron chi connectivity index (χ1n) is 7.23. The Kier molecular flexibility index (Phi) is 3.89. The molecule has 20 heavy (non-hydrogen) atoms. The molecule has 2 fully saturated rings. The van der Waals surface area contributed by atoms with Gasteiger partial charge in [-0.05, 0) is 30.7 Å². The Morgan fingerprint density at radius 3 is 2.95 bits per heavy atom. The Hall–Kier alpha value is -1.59. The topological polar surface area (TPSA) is 67.6 Å². The van der Waals surface area contributed by atoms with Crippen molar-refractivity contribution in [2.24, 2.45) is 11.8 Å². The predicted molar refractivity (Wildman–Crippen MR) is 75.6 cm³/mol. The van der Waals surface area contributed by atoms with Crippen LogP contribution in [0.25, 0.3) is 0 Å². The number of fused-ring (bicyclic) bond motifs is 1. The quantitative estimate of drug-likeness (QED) is 0.650. The van der Waals surface area contributed by atoms with Crippen LogP contribution in [0, 0.1) is 5.92 Å². The zero-order valence-electron chi connectivity index (χ0n) is 11.5. The number of benzene rings is 1. The number of hydrogen-bond donors (Lipinski definition) is 2. The van der Waals surface area contributed by atoms with Crippen molar-refractivity contribution in [3.63, 3.8) is 0 Å². The minimum absolute atomic E-state index is 0.195. The summed E-state index contributed by atoms with van der Waals surface area (Å²) in [6.07, 6.45) is 2.91. The number of piperidine rings is 1. The number of nitrogens with two attached hydrogens (primary N) is 1. The highest BCUT2D eigenvalue weighted by molar-refractivity contribution is 5.68. The molecule has 1 aromatic carbocycles. The Morgan fingerprint density at radius 2 is 2.20 bits per heavy atom. The van der Waals surface area contributed by atoms with Crippen LogP contribution in [0.2, 0.25) is 0 Å². The lowest BCUT2D eigenvalue weighted by Crippen LogP contribution is -2.65. The van der Waals surface area contributed by atoms with Crippen LogP contribution in [0.15, 0.2) is 30.3 Å². The fourth-order valence-corrected chi connectivity index (χ4v) is 3.32. The Bertz CT molecular complexity index is 465. The zero-order chi connectivity index (χ0) is 13.9. The third-order valence-corrected chi connectivity index (χ3v) is 4.50. The van der Waals surface area contributed by atoms with Crippen LogP contribution in [-0.2, 0) is 11.3 Å². The van der Waals surface area contributed by atoms with E-state index in [1.807, 2.05) is 35.2 Å². The number of nitrogens with one attached hydrogen (secondary N) is 1. The fourth-order valence-electron chi connectivity index (χ4n) is 3.32. The van der Waals surface area contributed by atoms with Gasteiger partial charge in [-0.2, -0.15) is 0 Å². The van der Waals surface area contributed by atoms with Gasteiger partial charge < -0.3 is 9.64 Å². The molecular weight excluding hydrogens is 254 g/mol. The predicted octanol–water partition coefficient (Wildman–Crippen LogP) is 1.64. The van der Waals surface area contributed by atoms with Crippen LogP contribution in [0.3, 0.4) is 0 Å². The van der Waals surface area contributed by atoms with E-state index in [1.54, 1.807) is 0 Å². The Balaban J connectivity index is 1.55. The van der Waals surface area contributed by atoms with Crippen LogP contribution >= 0.6 is 0 Å². The van der Waals surface area contributed by atoms with Crippen molar-refractivity contribution in [1.29, 1.82) is 0 Å². The van der Waals surface area contributed by atoms with Crippen molar-refractivity contribution in [1.82, 2.24) is 10.3 Å². The van der Waals surface area contributed by atoms with E-state index >= 15 is 0 Å². The number of amides is 1. The first-order chi connectivity index (χ1) is 9.79. The van der Waals surface area contributed by atoms with E-state index in [2.05, 4.69) is 5.43 Å². The molecule has 5 heteroatoms. The zero-order valence-corrected chi connectivity index (χ0v) is 11.5. The second kappa shape index (κ2) is 5.81. The van der Waals surface area contributed by atoms with Crippen LogP contribution in [-0.4, -0.2) is 29.6 Å². The van der Waals surface area contributed by atoms with Crippen molar-refractivity contribution < 1.29 is 9.53 Å². The molecule has 1 amide bonds. The summed E-state index contributed by atoms with van der Waals surface area (Å²) in [6.45, 7) is 1.14. The third kappa shape index (κ3) is 2.51. The average molecular weight is 275 g/mol. The number of ether oxygens (including phenoxy) is 1. The standard InChI is InChI=1S/C15H21N3O2/c16-17-13-9-14-12(13)7-4-8-18(14)15(19)20-10-11-5-2-1-3-6-11/h1-3,5-6,12-14,17H,4,7-10,16H2. The molecule has 1 aliphatic heterocycles. The summed E-state index contributed by atoms with van der Waals surface area (Å²) in [5, 5.41) is 0. The van der Waals surface area contributed by atoms with Crippen molar-refractivity contribution in [2.75, 3.05) is 6.54 Å². The smallest absolute Gasteiger partial charge is 0.410 e. The highest BCUT2D eigenvalue weighted by atomic mass is 16.6. The molecule has 3 rings (SSSR count). The minimum atomic E-state index is -0.195. The molecule has 3 unspecified atom stereocenters. The van der Waals surface area contributed by atoms with Gasteiger partial charge in [-0.15, -0.1) is 0 Å². The maximum absolute atomic E-state index is 12.2. The van der Waals surface area contributed by atoms with Crippen molar-refractivity contribution in [3.8, 4) is 0 Å². The molecule has 0 spiro atoms. The molecule has 5 nitrogen and oxygen atoms in total. The molecule has 3 atom stereocenters. The largest absolute Gasteiger partial charge is 0.445 e. The molecule has 1 aromatic rings. The number of carbonyl (C=O) groups excluding carboxylic acids is 1. The molecule has 108 valence electrons. The van der Waals surface area contributed by atoms with Gasteiger partial charge in [0, 0.05) is 18.6 Å². The molecule has 1 saturated heterocycles. The summed E-state index contributed by atoms with van der Waals surface area (Å²) >= 11 is 0. The molecule has 3 N–H and O–H groups in total. The van der Waals surface area contributed by atoms with Gasteiger partial charge in [0.15, 0.2) is 0 Å². The number of hydrazine groups is 1. The lowest BCUT2D eigenvalue weighted by Gasteiger charge is -2.52. The van der Waals surface area contributed by atoms with Gasteiger partial charge in [0.05, 0.1) is 0 Å². The Labute approximate surface area is 119 Å². The molecule has 1 heterocycles. The van der Waals surface area contributed by atoms with E-state index in [9.17, 15) is 4.79 Å². The van der Waals surface area contributed by atoms with Crippen molar-refractivity contribution >= 4 is 6.09 Å². The highest BCUT2D eigenvalue weighted by Gasteiger charge is 2.47. The number of nitrogens with zero attached hydrogens (tertiary/aromatic N) is 1. The highest BCUT2D eigenvalue weighted by Crippen LogP contribution is 2.39. The van der Waals surface area contributed by atoms with E-state index in [0.29, 0.717) is 24.6 Å². The molecule has 0 radical (unpaired) electrons. The van der Waals surface area contributed by atoms with Gasteiger partial charge in [0.2, 0.25) is 0 Å². The maximum Gasteiger partial charge on any atom is 0.410 e. The number of likely N-dealkylation sites (tertiary alicyclic amines) is 1. The molecule has 1 saturated carbocycles. The van der Waals surface area contributed by atoms with E-state index in [-0.39, 0.29) is 6.09 Å². The second-order valence-corrected chi connectivity index (χ2v) is 5.62. The molecule has 0 aromatic heterocycles. The molecule has 0 bridgehead atoms. The number of rotatable bonds is 3. The van der Waals surface area contributed by atoms with Crippen molar-refractivity contribution in [3.05, 3.63) is 35.9 Å². The lowest BCUT2D eigenvalue weighted by atomic mass is 9.69. The van der Waals surface area contributed by atoms with E-state index < -0.39 is 0 Å². The summed E-state index contributed by atoms with van der Waals surface area (Å²) in [6, 6.07) is 10.4. The van der Waals surface area contributed by atoms with E-state index in [1.165, 1.54) is 0 Å². The van der Waals surface area contributed by atoms with E-state index in [0.717, 1.165) is 31.4 Å². The van der Waals surface area contributed by atoms with Crippen LogP contribution in [0.4, 0.5) is 4.79 Å². The monoisotopic (exact) mass is 275 g/mol. The summed E-state index contributed by atoms with van der Waals surface area (Å²) in [5.74, 6) is 6.00. The fraction of sp³-hybridized carbons (Fsp3) is 0.533. The molecule has 1 aliphatic carbocycles.